The summed E-state index contributed by atoms with van der Waals surface area (Å²) in [4.78, 5) is 41.4. The summed E-state index contributed by atoms with van der Waals surface area (Å²) >= 11 is 0. The number of hydrogen-bond donors (Lipinski definition) is 1. The molecule has 1 rings (SSSR count). The summed E-state index contributed by atoms with van der Waals surface area (Å²) in [6.45, 7) is 17.9. The molecular weight excluding hydrogens is 787 g/mol. The lowest BCUT2D eigenvalue weighted by molar-refractivity contribution is -0.143. The lowest BCUT2D eigenvalue weighted by Gasteiger charge is -2.26. The van der Waals surface area contributed by atoms with Crippen LogP contribution in [-0.4, -0.2) is 76.2 Å². The van der Waals surface area contributed by atoms with Crippen LogP contribution in [0.15, 0.2) is 9.59 Å². The molecule has 0 heterocycles. The SMILES string of the molecule is CCCCCCCCCOC(=O)CCCCCCCN(CCCCCCCCOCOC(CCCCCCCC)CCCCCCCC)CCCNc1c(N(CC)CC)c(=O)c1=O. The van der Waals surface area contributed by atoms with Gasteiger partial charge in [0, 0.05) is 32.7 Å². The van der Waals surface area contributed by atoms with Crippen LogP contribution in [0.2, 0.25) is 0 Å². The van der Waals surface area contributed by atoms with Crippen molar-refractivity contribution in [1.29, 1.82) is 0 Å². The van der Waals surface area contributed by atoms with E-state index in [2.05, 4.69) is 31.0 Å². The third-order valence-corrected chi connectivity index (χ3v) is 12.9. The lowest BCUT2D eigenvalue weighted by Crippen LogP contribution is -2.43. The van der Waals surface area contributed by atoms with Crippen LogP contribution in [0, 0.1) is 0 Å². The zero-order valence-electron chi connectivity index (χ0n) is 42.3. The van der Waals surface area contributed by atoms with E-state index in [0.29, 0.717) is 43.8 Å². The molecule has 9 nitrogen and oxygen atoms in total. The van der Waals surface area contributed by atoms with Crippen LogP contribution in [0.4, 0.5) is 11.4 Å². The molecule has 1 N–H and O–H groups in total. The summed E-state index contributed by atoms with van der Waals surface area (Å²) in [5.41, 5.74) is 0.341. The van der Waals surface area contributed by atoms with Crippen molar-refractivity contribution < 1.29 is 19.0 Å². The molecule has 0 atom stereocenters. The number of ether oxygens (including phenoxy) is 3. The summed E-state index contributed by atoms with van der Waals surface area (Å²) < 4.78 is 17.7. The highest BCUT2D eigenvalue weighted by molar-refractivity contribution is 5.75. The summed E-state index contributed by atoms with van der Waals surface area (Å²) in [6.07, 6.45) is 41.5. The topological polar surface area (TPSA) is 97.4 Å². The van der Waals surface area contributed by atoms with Crippen LogP contribution in [0.25, 0.3) is 0 Å². The zero-order chi connectivity index (χ0) is 45.9. The lowest BCUT2D eigenvalue weighted by atomic mass is 10.0. The highest BCUT2D eigenvalue weighted by Crippen LogP contribution is 2.20. The Bertz CT molecular complexity index is 1200. The van der Waals surface area contributed by atoms with Crippen molar-refractivity contribution in [1.82, 2.24) is 4.90 Å². The molecule has 0 fully saturated rings. The molecule has 0 aromatic heterocycles. The molecule has 63 heavy (non-hydrogen) atoms. The van der Waals surface area contributed by atoms with E-state index in [9.17, 15) is 14.4 Å². The molecule has 370 valence electrons. The molecule has 0 amide bonds. The van der Waals surface area contributed by atoms with Crippen LogP contribution in [0.1, 0.15) is 253 Å². The van der Waals surface area contributed by atoms with Gasteiger partial charge in [0.2, 0.25) is 0 Å². The average Bonchev–Trinajstić information content (AvgIpc) is 3.29. The second-order valence-electron chi connectivity index (χ2n) is 18.6. The Kier molecular flexibility index (Phi) is 41.1. The van der Waals surface area contributed by atoms with Gasteiger partial charge in [0.25, 0.3) is 10.9 Å². The molecule has 0 aliphatic heterocycles. The van der Waals surface area contributed by atoms with Crippen molar-refractivity contribution in [3.63, 3.8) is 0 Å². The Morgan fingerprint density at radius 3 is 1.48 bits per heavy atom. The van der Waals surface area contributed by atoms with Crippen LogP contribution in [-0.2, 0) is 19.0 Å². The quantitative estimate of drug-likeness (QED) is 0.0297. The highest BCUT2D eigenvalue weighted by atomic mass is 16.7. The molecule has 0 aliphatic rings. The van der Waals surface area contributed by atoms with E-state index in [0.717, 1.165) is 90.7 Å². The second-order valence-corrected chi connectivity index (χ2v) is 18.6. The monoisotopic (exact) mass is 890 g/mol. The van der Waals surface area contributed by atoms with Crippen LogP contribution >= 0.6 is 0 Å². The summed E-state index contributed by atoms with van der Waals surface area (Å²) in [5, 5.41) is 3.31. The molecular formula is C54H103N3O6. The number of rotatable bonds is 50. The molecule has 1 aromatic carbocycles. The molecule has 0 saturated heterocycles. The first-order valence-electron chi connectivity index (χ1n) is 27.3. The predicted octanol–water partition coefficient (Wildman–Crippen LogP) is 14.1. The fourth-order valence-corrected chi connectivity index (χ4v) is 8.75. The number of carbonyl (C=O) groups is 1. The maximum Gasteiger partial charge on any atom is 0.305 e. The van der Waals surface area contributed by atoms with E-state index in [-0.39, 0.29) is 16.8 Å². The summed E-state index contributed by atoms with van der Waals surface area (Å²) in [5.74, 6) is -0.0342. The molecule has 0 saturated carbocycles. The van der Waals surface area contributed by atoms with E-state index in [1.807, 2.05) is 18.7 Å². The molecule has 0 aliphatic carbocycles. The van der Waals surface area contributed by atoms with E-state index < -0.39 is 0 Å². The van der Waals surface area contributed by atoms with Gasteiger partial charge in [-0.3, -0.25) is 14.4 Å². The van der Waals surface area contributed by atoms with Crippen molar-refractivity contribution in [2.24, 2.45) is 0 Å². The normalized spacial score (nSPS) is 11.7. The Hall–Kier alpha value is -1.97. The van der Waals surface area contributed by atoms with Gasteiger partial charge in [-0.25, -0.2) is 0 Å². The molecule has 0 radical (unpaired) electrons. The van der Waals surface area contributed by atoms with Gasteiger partial charge in [-0.1, -0.05) is 181 Å². The smallest absolute Gasteiger partial charge is 0.305 e. The molecule has 0 unspecified atom stereocenters. The van der Waals surface area contributed by atoms with Crippen molar-refractivity contribution in [3.8, 4) is 0 Å². The van der Waals surface area contributed by atoms with Crippen molar-refractivity contribution in [2.75, 3.05) is 69.5 Å². The van der Waals surface area contributed by atoms with Crippen molar-refractivity contribution >= 4 is 17.3 Å². The minimum Gasteiger partial charge on any atom is -0.466 e. The van der Waals surface area contributed by atoms with Crippen LogP contribution in [0.5, 0.6) is 0 Å². The number of unbranched alkanes of at least 4 members (excludes halogenated alkanes) is 25. The molecule has 1 aromatic rings. The second kappa shape index (κ2) is 43.9. The van der Waals surface area contributed by atoms with Gasteiger partial charge in [-0.15, -0.1) is 0 Å². The average molecular weight is 890 g/mol. The highest BCUT2D eigenvalue weighted by Gasteiger charge is 2.24. The first kappa shape index (κ1) is 59.0. The number of carbonyl (C=O) groups excluding carboxylic acids is 1. The van der Waals surface area contributed by atoms with Crippen LogP contribution in [0.3, 0.4) is 0 Å². The Labute approximate surface area is 389 Å². The largest absolute Gasteiger partial charge is 0.466 e. The molecule has 0 bridgehead atoms. The Morgan fingerprint density at radius 1 is 0.508 bits per heavy atom. The van der Waals surface area contributed by atoms with Gasteiger partial charge in [-0.2, -0.15) is 0 Å². The van der Waals surface area contributed by atoms with E-state index in [1.54, 1.807) is 0 Å². The number of nitrogens with one attached hydrogen (secondary N) is 1. The first-order chi connectivity index (χ1) is 30.9. The maximum atomic E-state index is 12.4. The minimum atomic E-state index is -0.374. The van der Waals surface area contributed by atoms with E-state index in [1.165, 1.54) is 161 Å². The molecule has 9 heteroatoms. The zero-order valence-corrected chi connectivity index (χ0v) is 42.3. The summed E-state index contributed by atoms with van der Waals surface area (Å²) in [6, 6.07) is 0. The third kappa shape index (κ3) is 32.4. The Balaban J connectivity index is 2.35. The first-order valence-corrected chi connectivity index (χ1v) is 27.3. The van der Waals surface area contributed by atoms with Gasteiger partial charge < -0.3 is 29.3 Å². The van der Waals surface area contributed by atoms with Gasteiger partial charge in [0.05, 0.1) is 12.7 Å². The number of nitrogens with zero attached hydrogens (tertiary/aromatic N) is 2. The number of esters is 1. The summed E-state index contributed by atoms with van der Waals surface area (Å²) in [7, 11) is 0. The van der Waals surface area contributed by atoms with E-state index in [4.69, 9.17) is 14.2 Å². The maximum absolute atomic E-state index is 12.4. The van der Waals surface area contributed by atoms with Gasteiger partial charge in [0.1, 0.15) is 18.2 Å². The third-order valence-electron chi connectivity index (χ3n) is 12.9. The fourth-order valence-electron chi connectivity index (χ4n) is 8.75. The standard InChI is InChI=1S/C54H103N3O6/c1-6-11-14-17-21-30-37-47-62-50(58)41-33-26-23-28-35-44-56(45-38-42-55-51-52(54(60)53(51)59)57(9-4)10-5)43-34-27-20-22-29-36-46-61-48-63-49(39-31-24-18-15-12-7-2)40-32-25-19-16-13-8-3/h49,55H,6-48H2,1-5H3. The predicted molar refractivity (Wildman–Crippen MR) is 270 cm³/mol. The van der Waals surface area contributed by atoms with Crippen LogP contribution < -0.4 is 21.1 Å². The Morgan fingerprint density at radius 2 is 0.952 bits per heavy atom. The number of hydrogen-bond acceptors (Lipinski definition) is 9. The van der Waals surface area contributed by atoms with Gasteiger partial charge in [0.15, 0.2) is 0 Å². The number of anilines is 2. The van der Waals surface area contributed by atoms with Crippen molar-refractivity contribution in [3.05, 3.63) is 20.4 Å². The fraction of sp³-hybridized carbons (Fsp3) is 0.907. The van der Waals surface area contributed by atoms with E-state index >= 15 is 0 Å². The van der Waals surface area contributed by atoms with Gasteiger partial charge >= 0.3 is 5.97 Å². The molecule has 0 spiro atoms. The minimum absolute atomic E-state index is 0.0342. The van der Waals surface area contributed by atoms with Gasteiger partial charge in [-0.05, 0) is 84.8 Å². The van der Waals surface area contributed by atoms with Crippen molar-refractivity contribution in [2.45, 2.75) is 259 Å².